The Morgan fingerprint density at radius 3 is 2.71 bits per heavy atom. The maximum absolute atomic E-state index is 12.0. The standard InChI is InChI=1S/C21H17ClN4OS/c22-15-2-1-3-16(9-15)28-17-7-14(11-24-12-17)6-13-4-5-18-19(8-13)20(10-23)25-26-21(18)27/h1-5,7-9,11-12H,6,10,23H2,(H,26,27). The van der Waals surface area contributed by atoms with Crippen molar-refractivity contribution in [1.29, 1.82) is 0 Å². The Morgan fingerprint density at radius 1 is 1.00 bits per heavy atom. The lowest BCUT2D eigenvalue weighted by Crippen LogP contribution is -2.13. The van der Waals surface area contributed by atoms with Gasteiger partial charge < -0.3 is 5.73 Å². The first kappa shape index (κ1) is 18.7. The van der Waals surface area contributed by atoms with Crippen molar-refractivity contribution in [3.05, 3.63) is 93.1 Å². The van der Waals surface area contributed by atoms with Gasteiger partial charge in [0.1, 0.15) is 0 Å². The molecule has 7 heteroatoms. The van der Waals surface area contributed by atoms with E-state index in [1.165, 1.54) is 0 Å². The molecule has 28 heavy (non-hydrogen) atoms. The second kappa shape index (κ2) is 8.14. The molecule has 0 saturated carbocycles. The van der Waals surface area contributed by atoms with Crippen molar-refractivity contribution in [2.24, 2.45) is 5.73 Å². The first-order valence-electron chi connectivity index (χ1n) is 8.70. The van der Waals surface area contributed by atoms with Crippen LogP contribution in [0.5, 0.6) is 0 Å². The van der Waals surface area contributed by atoms with E-state index < -0.39 is 0 Å². The Balaban J connectivity index is 1.61. The van der Waals surface area contributed by atoms with E-state index in [2.05, 4.69) is 21.2 Å². The first-order chi connectivity index (χ1) is 13.6. The van der Waals surface area contributed by atoms with Crippen LogP contribution in [0.1, 0.15) is 16.8 Å². The third-order valence-electron chi connectivity index (χ3n) is 4.34. The Labute approximate surface area is 171 Å². The topological polar surface area (TPSA) is 84.7 Å². The molecule has 2 aromatic carbocycles. The van der Waals surface area contributed by atoms with Crippen LogP contribution in [-0.4, -0.2) is 15.2 Å². The van der Waals surface area contributed by atoms with Gasteiger partial charge in [0.2, 0.25) is 0 Å². The Hall–Kier alpha value is -2.67. The van der Waals surface area contributed by atoms with Crippen LogP contribution < -0.4 is 11.3 Å². The largest absolute Gasteiger partial charge is 0.325 e. The molecule has 0 amide bonds. The fourth-order valence-electron chi connectivity index (χ4n) is 3.05. The van der Waals surface area contributed by atoms with Gasteiger partial charge >= 0.3 is 0 Å². The van der Waals surface area contributed by atoms with Crippen LogP contribution in [0.3, 0.4) is 0 Å². The molecule has 0 unspecified atom stereocenters. The van der Waals surface area contributed by atoms with Gasteiger partial charge in [0, 0.05) is 39.1 Å². The number of hydrogen-bond donors (Lipinski definition) is 2. The minimum absolute atomic E-state index is 0.208. The number of rotatable bonds is 5. The molecule has 5 nitrogen and oxygen atoms in total. The van der Waals surface area contributed by atoms with E-state index in [0.29, 0.717) is 22.5 Å². The predicted molar refractivity (Wildman–Crippen MR) is 113 cm³/mol. The van der Waals surface area contributed by atoms with Crippen molar-refractivity contribution in [3.8, 4) is 0 Å². The minimum atomic E-state index is -0.208. The van der Waals surface area contributed by atoms with E-state index >= 15 is 0 Å². The highest BCUT2D eigenvalue weighted by Gasteiger charge is 2.08. The molecule has 0 aliphatic heterocycles. The zero-order chi connectivity index (χ0) is 19.5. The van der Waals surface area contributed by atoms with Crippen molar-refractivity contribution < 1.29 is 0 Å². The van der Waals surface area contributed by atoms with Gasteiger partial charge in [-0.3, -0.25) is 9.78 Å². The van der Waals surface area contributed by atoms with Crippen molar-refractivity contribution in [2.75, 3.05) is 0 Å². The van der Waals surface area contributed by atoms with E-state index in [-0.39, 0.29) is 12.1 Å². The smallest absolute Gasteiger partial charge is 0.272 e. The third-order valence-corrected chi connectivity index (χ3v) is 5.52. The van der Waals surface area contributed by atoms with Gasteiger partial charge in [0.05, 0.1) is 11.1 Å². The van der Waals surface area contributed by atoms with Gasteiger partial charge in [-0.1, -0.05) is 35.5 Å². The maximum Gasteiger partial charge on any atom is 0.272 e. The molecule has 4 rings (SSSR count). The minimum Gasteiger partial charge on any atom is -0.325 e. The second-order valence-electron chi connectivity index (χ2n) is 6.35. The molecule has 0 bridgehead atoms. The van der Waals surface area contributed by atoms with Crippen LogP contribution in [0.15, 0.2) is 75.5 Å². The molecule has 0 fully saturated rings. The average molecular weight is 409 g/mol. The number of benzene rings is 2. The van der Waals surface area contributed by atoms with E-state index in [9.17, 15) is 4.79 Å². The number of aromatic nitrogens is 3. The quantitative estimate of drug-likeness (QED) is 0.517. The second-order valence-corrected chi connectivity index (χ2v) is 7.93. The molecule has 2 aromatic heterocycles. The first-order valence-corrected chi connectivity index (χ1v) is 9.89. The molecular formula is C21H17ClN4OS. The summed E-state index contributed by atoms with van der Waals surface area (Å²) in [7, 11) is 0. The molecule has 0 saturated heterocycles. The highest BCUT2D eigenvalue weighted by Crippen LogP contribution is 2.29. The van der Waals surface area contributed by atoms with Gasteiger partial charge in [-0.2, -0.15) is 5.10 Å². The zero-order valence-electron chi connectivity index (χ0n) is 14.9. The number of pyridine rings is 1. The van der Waals surface area contributed by atoms with Gasteiger partial charge in [0.15, 0.2) is 0 Å². The zero-order valence-corrected chi connectivity index (χ0v) is 16.4. The molecule has 2 heterocycles. The fraction of sp³-hybridized carbons (Fsp3) is 0.0952. The summed E-state index contributed by atoms with van der Waals surface area (Å²) in [4.78, 5) is 18.5. The van der Waals surface area contributed by atoms with Gasteiger partial charge in [-0.05, 0) is 53.9 Å². The van der Waals surface area contributed by atoms with Crippen molar-refractivity contribution >= 4 is 34.1 Å². The Bertz CT molecular complexity index is 1210. The molecule has 4 aromatic rings. The van der Waals surface area contributed by atoms with Crippen LogP contribution in [-0.2, 0) is 13.0 Å². The summed E-state index contributed by atoms with van der Waals surface area (Å²) in [5.41, 5.74) is 8.39. The summed E-state index contributed by atoms with van der Waals surface area (Å²) in [6, 6.07) is 15.6. The Kier molecular flexibility index (Phi) is 5.43. The van der Waals surface area contributed by atoms with Crippen LogP contribution in [0.2, 0.25) is 5.02 Å². The summed E-state index contributed by atoms with van der Waals surface area (Å²) in [5.74, 6) is 0. The lowest BCUT2D eigenvalue weighted by Gasteiger charge is -2.08. The number of nitrogens with one attached hydrogen (secondary N) is 1. The summed E-state index contributed by atoms with van der Waals surface area (Å²) in [6.45, 7) is 0.268. The highest BCUT2D eigenvalue weighted by molar-refractivity contribution is 7.99. The van der Waals surface area contributed by atoms with Gasteiger partial charge in [0.25, 0.3) is 5.56 Å². The molecule has 3 N–H and O–H groups in total. The SMILES string of the molecule is NCc1n[nH]c(=O)c2ccc(Cc3cncc(Sc4cccc(Cl)c4)c3)cc12. The van der Waals surface area contributed by atoms with Crippen molar-refractivity contribution in [3.63, 3.8) is 0 Å². The molecule has 0 aliphatic rings. The summed E-state index contributed by atoms with van der Waals surface area (Å²) in [6.07, 6.45) is 4.39. The van der Waals surface area contributed by atoms with Gasteiger partial charge in [-0.25, -0.2) is 5.10 Å². The number of nitrogens with zero attached hydrogens (tertiary/aromatic N) is 2. The Morgan fingerprint density at radius 2 is 1.89 bits per heavy atom. The van der Waals surface area contributed by atoms with E-state index in [0.717, 1.165) is 26.3 Å². The van der Waals surface area contributed by atoms with Crippen LogP contribution in [0, 0.1) is 0 Å². The molecular weight excluding hydrogens is 392 g/mol. The average Bonchev–Trinajstić information content (AvgIpc) is 2.69. The van der Waals surface area contributed by atoms with Gasteiger partial charge in [-0.15, -0.1) is 0 Å². The van der Waals surface area contributed by atoms with E-state index in [1.807, 2.05) is 54.9 Å². The molecule has 140 valence electrons. The molecule has 0 atom stereocenters. The molecule has 0 radical (unpaired) electrons. The van der Waals surface area contributed by atoms with Crippen LogP contribution in [0.25, 0.3) is 10.8 Å². The number of fused-ring (bicyclic) bond motifs is 1. The van der Waals surface area contributed by atoms with Crippen LogP contribution >= 0.6 is 23.4 Å². The summed E-state index contributed by atoms with van der Waals surface area (Å²) >= 11 is 7.68. The number of aromatic amines is 1. The van der Waals surface area contributed by atoms with Crippen molar-refractivity contribution in [1.82, 2.24) is 15.2 Å². The summed E-state index contributed by atoms with van der Waals surface area (Å²) < 4.78 is 0. The maximum atomic E-state index is 12.0. The lowest BCUT2D eigenvalue weighted by atomic mass is 10.0. The highest BCUT2D eigenvalue weighted by atomic mass is 35.5. The fourth-order valence-corrected chi connectivity index (χ4v) is 4.23. The number of halogens is 1. The van der Waals surface area contributed by atoms with E-state index in [1.54, 1.807) is 11.8 Å². The number of nitrogens with two attached hydrogens (primary N) is 1. The van der Waals surface area contributed by atoms with Crippen LogP contribution in [0.4, 0.5) is 0 Å². The molecule has 0 spiro atoms. The van der Waals surface area contributed by atoms with E-state index in [4.69, 9.17) is 17.3 Å². The van der Waals surface area contributed by atoms with Crippen molar-refractivity contribution in [2.45, 2.75) is 22.8 Å². The third kappa shape index (κ3) is 4.09. The normalized spacial score (nSPS) is 11.1. The monoisotopic (exact) mass is 408 g/mol. The lowest BCUT2D eigenvalue weighted by molar-refractivity contribution is 0.899. The summed E-state index contributed by atoms with van der Waals surface area (Å²) in [5, 5.41) is 8.65. The number of hydrogen-bond acceptors (Lipinski definition) is 5. The number of H-pyrrole nitrogens is 1. The predicted octanol–water partition coefficient (Wildman–Crippen LogP) is 4.17. The molecule has 0 aliphatic carbocycles.